The van der Waals surface area contributed by atoms with E-state index in [9.17, 15) is 4.79 Å². The third-order valence-electron chi connectivity index (χ3n) is 3.86. The lowest BCUT2D eigenvalue weighted by atomic mass is 10.1. The zero-order chi connectivity index (χ0) is 14.4. The fourth-order valence-corrected chi connectivity index (χ4v) is 2.92. The van der Waals surface area contributed by atoms with Gasteiger partial charge in [0.15, 0.2) is 5.76 Å². The summed E-state index contributed by atoms with van der Waals surface area (Å²) in [4.78, 5) is 12.0. The highest BCUT2D eigenvalue weighted by atomic mass is 16.4. The van der Waals surface area contributed by atoms with Crippen molar-refractivity contribution in [1.29, 1.82) is 0 Å². The molecule has 0 aliphatic rings. The van der Waals surface area contributed by atoms with E-state index >= 15 is 0 Å². The molecule has 102 valence electrons. The molecule has 3 nitrogen and oxygen atoms in total. The van der Waals surface area contributed by atoms with E-state index in [-0.39, 0.29) is 5.63 Å². The molecule has 3 heteroatoms. The van der Waals surface area contributed by atoms with Gasteiger partial charge in [0.1, 0.15) is 0 Å². The number of rotatable bonds is 1. The number of fused-ring (bicyclic) bond motifs is 3. The van der Waals surface area contributed by atoms with E-state index in [1.54, 1.807) is 6.07 Å². The molecule has 0 aliphatic heterocycles. The fraction of sp³-hybridized carbons (Fsp3) is 0.0556. The van der Waals surface area contributed by atoms with Gasteiger partial charge in [-0.15, -0.1) is 0 Å². The molecule has 0 amide bonds. The maximum Gasteiger partial charge on any atom is 0.336 e. The molecular formula is C18H13NO2. The summed E-state index contributed by atoms with van der Waals surface area (Å²) in [6.45, 7) is 0. The number of hydrogen-bond acceptors (Lipinski definition) is 2. The highest BCUT2D eigenvalue weighted by Gasteiger charge is 2.15. The molecule has 0 fully saturated rings. The Morgan fingerprint density at radius 3 is 2.43 bits per heavy atom. The maximum atomic E-state index is 12.0. The van der Waals surface area contributed by atoms with Crippen LogP contribution in [0.4, 0.5) is 0 Å². The van der Waals surface area contributed by atoms with Crippen LogP contribution in [0.1, 0.15) is 0 Å². The van der Waals surface area contributed by atoms with Gasteiger partial charge in [0.05, 0.1) is 5.52 Å². The van der Waals surface area contributed by atoms with Crippen molar-refractivity contribution in [3.63, 3.8) is 0 Å². The Balaban J connectivity index is 2.25. The zero-order valence-electron chi connectivity index (χ0n) is 11.5. The predicted octanol–water partition coefficient (Wildman–Crippen LogP) is 3.95. The Morgan fingerprint density at radius 1 is 0.905 bits per heavy atom. The summed E-state index contributed by atoms with van der Waals surface area (Å²) in [6, 6.07) is 19.4. The van der Waals surface area contributed by atoms with Crippen LogP contribution >= 0.6 is 0 Å². The second-order valence-corrected chi connectivity index (χ2v) is 5.10. The minimum absolute atomic E-state index is 0.322. The number of nitrogens with zero attached hydrogens (tertiary/aromatic N) is 1. The van der Waals surface area contributed by atoms with Crippen LogP contribution < -0.4 is 5.63 Å². The number of aromatic nitrogens is 1. The molecule has 2 aromatic heterocycles. The number of aryl methyl sites for hydroxylation is 1. The molecular weight excluding hydrogens is 262 g/mol. The van der Waals surface area contributed by atoms with E-state index in [0.29, 0.717) is 5.76 Å². The first kappa shape index (κ1) is 12.0. The van der Waals surface area contributed by atoms with Gasteiger partial charge in [-0.25, -0.2) is 4.79 Å². The molecule has 4 aromatic rings. The van der Waals surface area contributed by atoms with E-state index < -0.39 is 0 Å². The minimum Gasteiger partial charge on any atom is -0.420 e. The molecule has 0 aliphatic carbocycles. The van der Waals surface area contributed by atoms with E-state index in [1.807, 2.05) is 55.6 Å². The Bertz CT molecular complexity index is 1010. The summed E-state index contributed by atoms with van der Waals surface area (Å²) in [5.41, 5.74) is 2.62. The third kappa shape index (κ3) is 1.71. The van der Waals surface area contributed by atoms with Gasteiger partial charge in [0.25, 0.3) is 0 Å². The molecule has 21 heavy (non-hydrogen) atoms. The normalized spacial score (nSPS) is 11.3. The Morgan fingerprint density at radius 2 is 1.62 bits per heavy atom. The lowest BCUT2D eigenvalue weighted by Crippen LogP contribution is -1.99. The first-order valence-corrected chi connectivity index (χ1v) is 6.82. The molecule has 4 rings (SSSR count). The van der Waals surface area contributed by atoms with Crippen molar-refractivity contribution in [2.45, 2.75) is 0 Å². The zero-order valence-corrected chi connectivity index (χ0v) is 11.5. The van der Waals surface area contributed by atoms with Gasteiger partial charge >= 0.3 is 5.63 Å². The van der Waals surface area contributed by atoms with Crippen molar-refractivity contribution < 1.29 is 4.42 Å². The maximum absolute atomic E-state index is 12.0. The largest absolute Gasteiger partial charge is 0.420 e. The summed E-state index contributed by atoms with van der Waals surface area (Å²) < 4.78 is 7.59. The molecule has 0 saturated carbocycles. The van der Waals surface area contributed by atoms with Crippen LogP contribution in [0.15, 0.2) is 69.9 Å². The molecule has 0 bridgehead atoms. The van der Waals surface area contributed by atoms with E-state index in [2.05, 4.69) is 10.6 Å². The van der Waals surface area contributed by atoms with Gasteiger partial charge < -0.3 is 8.98 Å². The first-order chi connectivity index (χ1) is 10.3. The van der Waals surface area contributed by atoms with Crippen molar-refractivity contribution in [1.82, 2.24) is 4.57 Å². The van der Waals surface area contributed by atoms with Gasteiger partial charge in [-0.2, -0.15) is 0 Å². The van der Waals surface area contributed by atoms with E-state index in [0.717, 1.165) is 27.4 Å². The third-order valence-corrected chi connectivity index (χ3v) is 3.86. The Kier molecular flexibility index (Phi) is 2.48. The van der Waals surface area contributed by atoms with Crippen LogP contribution in [0, 0.1) is 0 Å². The van der Waals surface area contributed by atoms with E-state index in [1.165, 1.54) is 0 Å². The van der Waals surface area contributed by atoms with Crippen molar-refractivity contribution >= 4 is 21.8 Å². The van der Waals surface area contributed by atoms with Crippen molar-refractivity contribution in [3.8, 4) is 11.3 Å². The highest BCUT2D eigenvalue weighted by molar-refractivity contribution is 6.11. The molecule has 0 atom stereocenters. The number of hydrogen-bond donors (Lipinski definition) is 0. The summed E-state index contributed by atoms with van der Waals surface area (Å²) >= 11 is 0. The van der Waals surface area contributed by atoms with Crippen LogP contribution in [0.25, 0.3) is 33.1 Å². The molecule has 0 saturated heterocycles. The van der Waals surface area contributed by atoms with Gasteiger partial charge in [0, 0.05) is 35.0 Å². The van der Waals surface area contributed by atoms with Gasteiger partial charge in [-0.1, -0.05) is 48.5 Å². The van der Waals surface area contributed by atoms with E-state index in [4.69, 9.17) is 4.42 Å². The Hall–Kier alpha value is -2.81. The lowest BCUT2D eigenvalue weighted by molar-refractivity contribution is 0.530. The molecule has 0 radical (unpaired) electrons. The molecule has 2 aromatic carbocycles. The first-order valence-electron chi connectivity index (χ1n) is 6.82. The number of benzene rings is 2. The summed E-state index contributed by atoms with van der Waals surface area (Å²) in [5.74, 6) is 0.622. The summed E-state index contributed by atoms with van der Waals surface area (Å²) in [6.07, 6.45) is 0. The van der Waals surface area contributed by atoms with Gasteiger partial charge in [-0.05, 0) is 6.07 Å². The smallest absolute Gasteiger partial charge is 0.336 e. The topological polar surface area (TPSA) is 35.1 Å². The van der Waals surface area contributed by atoms with Crippen LogP contribution in [-0.4, -0.2) is 4.57 Å². The second-order valence-electron chi connectivity index (χ2n) is 5.10. The second kappa shape index (κ2) is 4.35. The SMILES string of the molecule is Cn1c2ccccc2c2cc(=O)oc(-c3ccccc3)c21. The molecule has 0 spiro atoms. The average molecular weight is 275 g/mol. The standard InChI is InChI=1S/C18H13NO2/c1-19-15-10-6-5-9-13(15)14-11-16(20)21-18(17(14)19)12-7-3-2-4-8-12/h2-11H,1H3. The molecule has 2 heterocycles. The minimum atomic E-state index is -0.322. The summed E-state index contributed by atoms with van der Waals surface area (Å²) in [7, 11) is 2.00. The summed E-state index contributed by atoms with van der Waals surface area (Å²) in [5, 5.41) is 2.00. The number of para-hydroxylation sites is 1. The van der Waals surface area contributed by atoms with Crippen molar-refractivity contribution in [2.75, 3.05) is 0 Å². The monoisotopic (exact) mass is 275 g/mol. The van der Waals surface area contributed by atoms with Crippen molar-refractivity contribution in [2.24, 2.45) is 7.05 Å². The van der Waals surface area contributed by atoms with Crippen LogP contribution in [0.3, 0.4) is 0 Å². The Labute approximate surface area is 121 Å². The van der Waals surface area contributed by atoms with Crippen LogP contribution in [0.5, 0.6) is 0 Å². The van der Waals surface area contributed by atoms with Crippen molar-refractivity contribution in [3.05, 3.63) is 71.1 Å². The predicted molar refractivity (Wildman–Crippen MR) is 84.4 cm³/mol. The quantitative estimate of drug-likeness (QED) is 0.527. The van der Waals surface area contributed by atoms with Gasteiger partial charge in [0.2, 0.25) is 0 Å². The highest BCUT2D eigenvalue weighted by Crippen LogP contribution is 2.33. The fourth-order valence-electron chi connectivity index (χ4n) is 2.92. The van der Waals surface area contributed by atoms with Gasteiger partial charge in [-0.3, -0.25) is 0 Å². The molecule has 0 N–H and O–H groups in total. The lowest BCUT2D eigenvalue weighted by Gasteiger charge is -2.04. The van der Waals surface area contributed by atoms with Crippen LogP contribution in [-0.2, 0) is 7.05 Å². The molecule has 0 unspecified atom stereocenters. The average Bonchev–Trinajstić information content (AvgIpc) is 2.81. The van der Waals surface area contributed by atoms with Crippen LogP contribution in [0.2, 0.25) is 0 Å².